The maximum atomic E-state index is 13.4. The summed E-state index contributed by atoms with van der Waals surface area (Å²) in [5.74, 6) is -1.33. The van der Waals surface area contributed by atoms with Crippen LogP contribution < -0.4 is 5.32 Å². The fourth-order valence-electron chi connectivity index (χ4n) is 3.49. The molecule has 3 rings (SSSR count). The van der Waals surface area contributed by atoms with Gasteiger partial charge in [0.1, 0.15) is 0 Å². The molecule has 1 aromatic rings. The number of benzene rings is 1. The first-order valence-electron chi connectivity index (χ1n) is 8.08. The van der Waals surface area contributed by atoms with Gasteiger partial charge in [-0.2, -0.15) is 0 Å². The van der Waals surface area contributed by atoms with Crippen LogP contribution in [0.4, 0.5) is 8.78 Å². The lowest BCUT2D eigenvalue weighted by Gasteiger charge is -2.33. The second-order valence-corrected chi connectivity index (χ2v) is 6.33. The number of hydrogen-bond donors (Lipinski definition) is 1. The van der Waals surface area contributed by atoms with E-state index in [1.54, 1.807) is 13.2 Å². The average Bonchev–Trinajstić information content (AvgIpc) is 3.06. The van der Waals surface area contributed by atoms with E-state index in [4.69, 9.17) is 4.74 Å². The van der Waals surface area contributed by atoms with Gasteiger partial charge < -0.3 is 15.0 Å². The summed E-state index contributed by atoms with van der Waals surface area (Å²) in [6.45, 7) is 2.01. The number of nitrogens with zero attached hydrogens (tertiary/aromatic N) is 1. The summed E-state index contributed by atoms with van der Waals surface area (Å²) in [5, 5.41) is 3.20. The molecule has 23 heavy (non-hydrogen) atoms. The lowest BCUT2D eigenvalue weighted by atomic mass is 9.89. The third-order valence-corrected chi connectivity index (χ3v) is 4.94. The van der Waals surface area contributed by atoms with Crippen LogP contribution in [-0.2, 0) is 9.53 Å². The number of nitrogens with one attached hydrogen (secondary N) is 1. The zero-order chi connectivity index (χ0) is 16.4. The molecule has 0 radical (unpaired) electrons. The van der Waals surface area contributed by atoms with Gasteiger partial charge >= 0.3 is 0 Å². The van der Waals surface area contributed by atoms with E-state index in [1.807, 2.05) is 4.90 Å². The van der Waals surface area contributed by atoms with E-state index < -0.39 is 11.6 Å². The molecule has 2 aliphatic heterocycles. The fourth-order valence-corrected chi connectivity index (χ4v) is 3.49. The Bertz CT molecular complexity index is 574. The topological polar surface area (TPSA) is 41.6 Å². The summed E-state index contributed by atoms with van der Waals surface area (Å²) in [7, 11) is 1.66. The van der Waals surface area contributed by atoms with Crippen molar-refractivity contribution in [2.24, 2.45) is 0 Å². The Labute approximate surface area is 134 Å². The zero-order valence-electron chi connectivity index (χ0n) is 13.2. The molecule has 0 aliphatic carbocycles. The molecular formula is C17H22F2N2O2. The minimum Gasteiger partial charge on any atom is -0.380 e. The molecule has 0 saturated carbocycles. The van der Waals surface area contributed by atoms with Crippen molar-refractivity contribution in [1.29, 1.82) is 0 Å². The van der Waals surface area contributed by atoms with Crippen molar-refractivity contribution >= 4 is 5.91 Å². The average molecular weight is 324 g/mol. The third-order valence-electron chi connectivity index (χ3n) is 4.94. The molecule has 0 bridgehead atoms. The number of amides is 1. The molecule has 2 aliphatic rings. The van der Waals surface area contributed by atoms with Gasteiger partial charge in [-0.25, -0.2) is 8.78 Å². The summed E-state index contributed by atoms with van der Waals surface area (Å²) in [6.07, 6.45) is 2.36. The van der Waals surface area contributed by atoms with Crippen molar-refractivity contribution in [2.75, 3.05) is 26.7 Å². The third kappa shape index (κ3) is 3.53. The lowest BCUT2D eigenvalue weighted by molar-refractivity contribution is -0.134. The molecule has 1 N–H and O–H groups in total. The van der Waals surface area contributed by atoms with Crippen molar-refractivity contribution in [3.05, 3.63) is 35.4 Å². The van der Waals surface area contributed by atoms with Crippen molar-refractivity contribution in [3.8, 4) is 0 Å². The van der Waals surface area contributed by atoms with Crippen LogP contribution in [0.3, 0.4) is 0 Å². The van der Waals surface area contributed by atoms with E-state index in [0.717, 1.165) is 18.4 Å². The van der Waals surface area contributed by atoms with Crippen LogP contribution in [-0.4, -0.2) is 49.7 Å². The second kappa shape index (κ2) is 6.93. The molecule has 2 fully saturated rings. The molecule has 2 atom stereocenters. The highest BCUT2D eigenvalue weighted by atomic mass is 19.2. The Kier molecular flexibility index (Phi) is 4.92. The number of likely N-dealkylation sites (tertiary alicyclic amines) is 1. The Morgan fingerprint density at radius 1 is 1.26 bits per heavy atom. The molecule has 0 unspecified atom stereocenters. The summed E-state index contributed by atoms with van der Waals surface area (Å²) >= 11 is 0. The molecule has 0 spiro atoms. The molecule has 6 heteroatoms. The summed E-state index contributed by atoms with van der Waals surface area (Å²) < 4.78 is 31.7. The number of hydrogen-bond acceptors (Lipinski definition) is 3. The number of halogens is 2. The Morgan fingerprint density at radius 3 is 2.61 bits per heavy atom. The van der Waals surface area contributed by atoms with Crippen molar-refractivity contribution in [2.45, 2.75) is 37.3 Å². The van der Waals surface area contributed by atoms with E-state index in [9.17, 15) is 13.6 Å². The monoisotopic (exact) mass is 324 g/mol. The van der Waals surface area contributed by atoms with E-state index in [2.05, 4.69) is 5.32 Å². The standard InChI is InChI=1S/C17H22F2N2O2/c1-23-13-9-16(20-10-13)17(22)21-6-4-11(5-7-21)12-2-3-14(18)15(19)8-12/h2-3,8,11,13,16,20H,4-7,9-10H2,1H3/t13-,16-/m0/s1. The highest BCUT2D eigenvalue weighted by Gasteiger charge is 2.34. The first-order valence-corrected chi connectivity index (χ1v) is 8.08. The van der Waals surface area contributed by atoms with Gasteiger partial charge in [0.25, 0.3) is 0 Å². The van der Waals surface area contributed by atoms with Crippen LogP contribution in [0.2, 0.25) is 0 Å². The number of ether oxygens (including phenoxy) is 1. The molecule has 2 heterocycles. The van der Waals surface area contributed by atoms with Crippen molar-refractivity contribution in [1.82, 2.24) is 10.2 Å². The highest BCUT2D eigenvalue weighted by molar-refractivity contribution is 5.82. The number of rotatable bonds is 3. The van der Waals surface area contributed by atoms with E-state index in [1.165, 1.54) is 12.1 Å². The Balaban J connectivity index is 1.56. The molecule has 4 nitrogen and oxygen atoms in total. The lowest BCUT2D eigenvalue weighted by Crippen LogP contribution is -2.46. The van der Waals surface area contributed by atoms with Crippen LogP contribution in [0.25, 0.3) is 0 Å². The molecule has 1 amide bonds. The van der Waals surface area contributed by atoms with Gasteiger partial charge in [-0.1, -0.05) is 6.07 Å². The van der Waals surface area contributed by atoms with Crippen molar-refractivity contribution < 1.29 is 18.3 Å². The van der Waals surface area contributed by atoms with E-state index >= 15 is 0 Å². The SMILES string of the molecule is CO[C@@H]1CN[C@H](C(=O)N2CCC(c3ccc(F)c(F)c3)CC2)C1. The number of piperidine rings is 1. The maximum absolute atomic E-state index is 13.4. The minimum absolute atomic E-state index is 0.101. The van der Waals surface area contributed by atoms with Crippen LogP contribution in [0.1, 0.15) is 30.7 Å². The second-order valence-electron chi connectivity index (χ2n) is 6.33. The van der Waals surface area contributed by atoms with Gasteiger partial charge in [0, 0.05) is 26.7 Å². The van der Waals surface area contributed by atoms with E-state index in [-0.39, 0.29) is 24.0 Å². The van der Waals surface area contributed by atoms with Gasteiger partial charge in [0.05, 0.1) is 12.1 Å². The van der Waals surface area contributed by atoms with E-state index in [0.29, 0.717) is 26.1 Å². The molecule has 2 saturated heterocycles. The summed E-state index contributed by atoms with van der Waals surface area (Å²) in [5.41, 5.74) is 0.814. The molecule has 126 valence electrons. The fraction of sp³-hybridized carbons (Fsp3) is 0.588. The van der Waals surface area contributed by atoms with Gasteiger partial charge in [-0.3, -0.25) is 4.79 Å². The van der Waals surface area contributed by atoms with Gasteiger partial charge in [0.2, 0.25) is 5.91 Å². The van der Waals surface area contributed by atoms with Crippen LogP contribution in [0.15, 0.2) is 18.2 Å². The molecule has 1 aromatic carbocycles. The number of carbonyl (C=O) groups excluding carboxylic acids is 1. The zero-order valence-corrected chi connectivity index (χ0v) is 13.2. The summed E-state index contributed by atoms with van der Waals surface area (Å²) in [4.78, 5) is 14.4. The van der Waals surface area contributed by atoms with Gasteiger partial charge in [0.15, 0.2) is 11.6 Å². The van der Waals surface area contributed by atoms with Crippen molar-refractivity contribution in [3.63, 3.8) is 0 Å². The Morgan fingerprint density at radius 2 is 2.00 bits per heavy atom. The summed E-state index contributed by atoms with van der Waals surface area (Å²) in [6, 6.07) is 3.93. The predicted molar refractivity (Wildman–Crippen MR) is 82.1 cm³/mol. The number of methoxy groups -OCH3 is 1. The number of carbonyl (C=O) groups is 1. The molecular weight excluding hydrogens is 302 g/mol. The van der Waals surface area contributed by atoms with Gasteiger partial charge in [-0.15, -0.1) is 0 Å². The maximum Gasteiger partial charge on any atom is 0.239 e. The first-order chi connectivity index (χ1) is 11.1. The predicted octanol–water partition coefficient (Wildman–Crippen LogP) is 2.05. The molecule has 0 aromatic heterocycles. The normalized spacial score (nSPS) is 25.8. The Hall–Kier alpha value is -1.53. The minimum atomic E-state index is -0.818. The van der Waals surface area contributed by atoms with Crippen LogP contribution in [0.5, 0.6) is 0 Å². The highest BCUT2D eigenvalue weighted by Crippen LogP contribution is 2.29. The van der Waals surface area contributed by atoms with Crippen LogP contribution in [0, 0.1) is 11.6 Å². The van der Waals surface area contributed by atoms with Gasteiger partial charge in [-0.05, 0) is 42.9 Å². The van der Waals surface area contributed by atoms with Crippen LogP contribution >= 0.6 is 0 Å². The quantitative estimate of drug-likeness (QED) is 0.925. The first kappa shape index (κ1) is 16.3. The smallest absolute Gasteiger partial charge is 0.239 e. The largest absolute Gasteiger partial charge is 0.380 e.